The van der Waals surface area contributed by atoms with Crippen molar-refractivity contribution in [2.24, 2.45) is 0 Å². The maximum Gasteiger partial charge on any atom is 0.335 e. The molecule has 0 aliphatic heterocycles. The predicted molar refractivity (Wildman–Crippen MR) is 120 cm³/mol. The number of halogens is 2. The summed E-state index contributed by atoms with van der Waals surface area (Å²) in [6.07, 6.45) is 3.56. The van der Waals surface area contributed by atoms with Gasteiger partial charge in [-0.3, -0.25) is 4.79 Å². The molecule has 1 aliphatic carbocycles. The molecule has 1 aliphatic rings. The number of rotatable bonds is 9. The van der Waals surface area contributed by atoms with Gasteiger partial charge >= 0.3 is 5.97 Å². The van der Waals surface area contributed by atoms with Crippen LogP contribution in [-0.4, -0.2) is 40.8 Å². The predicted octanol–water partition coefficient (Wildman–Crippen LogP) is 3.52. The quantitative estimate of drug-likeness (QED) is 0.459. The Hall–Kier alpha value is -2.84. The molecule has 2 atom stereocenters. The van der Waals surface area contributed by atoms with E-state index in [1.807, 2.05) is 6.07 Å². The first-order chi connectivity index (χ1) is 15.7. The summed E-state index contributed by atoms with van der Waals surface area (Å²) in [5.41, 5.74) is 0.865. The molecule has 33 heavy (non-hydrogen) atoms. The van der Waals surface area contributed by atoms with Crippen LogP contribution in [0.3, 0.4) is 0 Å². The molecule has 0 saturated heterocycles. The zero-order chi connectivity index (χ0) is 24.0. The van der Waals surface area contributed by atoms with Crippen LogP contribution < -0.4 is 10.6 Å². The minimum atomic E-state index is -1.04. The molecule has 2 aromatic rings. The van der Waals surface area contributed by atoms with E-state index in [4.69, 9.17) is 0 Å². The van der Waals surface area contributed by atoms with Gasteiger partial charge < -0.3 is 20.8 Å². The highest BCUT2D eigenvalue weighted by molar-refractivity contribution is 5.87. The van der Waals surface area contributed by atoms with Crippen molar-refractivity contribution < 1.29 is 28.6 Å². The summed E-state index contributed by atoms with van der Waals surface area (Å²) in [6.45, 7) is 1.43. The highest BCUT2D eigenvalue weighted by Gasteiger charge is 2.35. The lowest BCUT2D eigenvalue weighted by atomic mass is 9.76. The number of aliphatic hydroxyl groups excluding tert-OH is 1. The normalized spacial score (nSPS) is 17.2. The summed E-state index contributed by atoms with van der Waals surface area (Å²) in [5, 5.41) is 26.4. The Morgan fingerprint density at radius 2 is 1.73 bits per heavy atom. The number of carbonyl (C=O) groups excluding carboxylic acids is 1. The second kappa shape index (κ2) is 10.9. The molecule has 1 saturated carbocycles. The summed E-state index contributed by atoms with van der Waals surface area (Å²) >= 11 is 0. The van der Waals surface area contributed by atoms with Crippen molar-refractivity contribution in [2.75, 3.05) is 6.54 Å². The largest absolute Gasteiger partial charge is 0.478 e. The maximum atomic E-state index is 13.6. The van der Waals surface area contributed by atoms with Crippen LogP contribution >= 0.6 is 0 Å². The van der Waals surface area contributed by atoms with Crippen molar-refractivity contribution >= 4 is 11.9 Å². The lowest BCUT2D eigenvalue weighted by molar-refractivity contribution is -0.120. The van der Waals surface area contributed by atoms with Crippen molar-refractivity contribution in [1.29, 1.82) is 0 Å². The summed E-state index contributed by atoms with van der Waals surface area (Å²) < 4.78 is 27.2. The van der Waals surface area contributed by atoms with Gasteiger partial charge in [0.15, 0.2) is 0 Å². The van der Waals surface area contributed by atoms with Crippen LogP contribution in [0.4, 0.5) is 8.78 Å². The number of hydrogen-bond donors (Lipinski definition) is 4. The van der Waals surface area contributed by atoms with Gasteiger partial charge in [0, 0.05) is 25.1 Å². The zero-order valence-corrected chi connectivity index (χ0v) is 18.6. The van der Waals surface area contributed by atoms with Crippen LogP contribution in [0.5, 0.6) is 0 Å². The van der Waals surface area contributed by atoms with E-state index in [1.165, 1.54) is 19.1 Å². The lowest BCUT2D eigenvalue weighted by Crippen LogP contribution is -2.53. The fourth-order valence-corrected chi connectivity index (χ4v) is 4.64. The third-order valence-electron chi connectivity index (χ3n) is 6.25. The summed E-state index contributed by atoms with van der Waals surface area (Å²) in [6, 6.07) is 9.17. The molecule has 0 aromatic heterocycles. The monoisotopic (exact) mass is 460 g/mol. The molecule has 2 aromatic carbocycles. The van der Waals surface area contributed by atoms with Gasteiger partial charge in [-0.15, -0.1) is 0 Å². The Labute approximate surface area is 192 Å². The van der Waals surface area contributed by atoms with Gasteiger partial charge in [-0.1, -0.05) is 31.4 Å². The molecule has 3 rings (SSSR count). The molecule has 0 spiro atoms. The third-order valence-corrected chi connectivity index (χ3v) is 6.25. The smallest absolute Gasteiger partial charge is 0.335 e. The first-order valence-corrected chi connectivity index (χ1v) is 11.2. The Morgan fingerprint density at radius 1 is 1.06 bits per heavy atom. The van der Waals surface area contributed by atoms with Gasteiger partial charge in [-0.05, 0) is 54.7 Å². The number of benzene rings is 2. The number of aromatic carboxylic acids is 1. The molecular weight excluding hydrogens is 430 g/mol. The second-order valence-electron chi connectivity index (χ2n) is 8.77. The standard InChI is InChI=1S/C25H30F2N2O4/c1-16(30)29-22(12-17-10-20(26)14-21(27)11-17)23(31)15-28-25(8-3-2-4-9-25)19-7-5-6-18(13-19)24(32)33/h5-7,10-11,13-14,22-23,28,31H,2-4,8-9,12,15H2,1H3,(H,29,30)(H,32,33). The number of carbonyl (C=O) groups is 2. The molecule has 1 amide bonds. The number of amides is 1. The molecule has 0 heterocycles. The topological polar surface area (TPSA) is 98.7 Å². The van der Waals surface area contributed by atoms with Crippen LogP contribution in [0.25, 0.3) is 0 Å². The molecule has 4 N–H and O–H groups in total. The van der Waals surface area contributed by atoms with Gasteiger partial charge in [0.25, 0.3) is 0 Å². The Bertz CT molecular complexity index is 972. The third kappa shape index (κ3) is 6.58. The first-order valence-electron chi connectivity index (χ1n) is 11.2. The van der Waals surface area contributed by atoms with Crippen LogP contribution in [-0.2, 0) is 16.8 Å². The number of aliphatic hydroxyl groups is 1. The van der Waals surface area contributed by atoms with E-state index in [0.29, 0.717) is 5.56 Å². The molecule has 178 valence electrons. The highest BCUT2D eigenvalue weighted by atomic mass is 19.1. The van der Waals surface area contributed by atoms with Crippen molar-refractivity contribution in [3.8, 4) is 0 Å². The highest BCUT2D eigenvalue weighted by Crippen LogP contribution is 2.37. The van der Waals surface area contributed by atoms with Crippen LogP contribution in [0.15, 0.2) is 42.5 Å². The minimum absolute atomic E-state index is 0.0542. The lowest BCUT2D eigenvalue weighted by Gasteiger charge is -2.40. The van der Waals surface area contributed by atoms with E-state index in [9.17, 15) is 28.6 Å². The van der Waals surface area contributed by atoms with E-state index < -0.39 is 35.3 Å². The number of nitrogens with one attached hydrogen (secondary N) is 2. The fraction of sp³-hybridized carbons (Fsp3) is 0.440. The second-order valence-corrected chi connectivity index (χ2v) is 8.77. The van der Waals surface area contributed by atoms with Crippen molar-refractivity contribution in [3.05, 3.63) is 70.8 Å². The molecule has 0 bridgehead atoms. The van der Waals surface area contributed by atoms with E-state index in [2.05, 4.69) is 10.6 Å². The van der Waals surface area contributed by atoms with Crippen molar-refractivity contribution in [2.45, 2.75) is 63.1 Å². The van der Waals surface area contributed by atoms with Crippen molar-refractivity contribution in [1.82, 2.24) is 10.6 Å². The van der Waals surface area contributed by atoms with Gasteiger partial charge in [0.2, 0.25) is 5.91 Å². The average molecular weight is 461 g/mol. The van der Waals surface area contributed by atoms with E-state index in [1.54, 1.807) is 18.2 Å². The summed E-state index contributed by atoms with van der Waals surface area (Å²) in [5.74, 6) is -2.81. The molecule has 1 fully saturated rings. The van der Waals surface area contributed by atoms with Crippen LogP contribution in [0.2, 0.25) is 0 Å². The van der Waals surface area contributed by atoms with Crippen LogP contribution in [0, 0.1) is 11.6 Å². The summed E-state index contributed by atoms with van der Waals surface area (Å²) in [4.78, 5) is 23.2. The van der Waals surface area contributed by atoms with E-state index >= 15 is 0 Å². The van der Waals surface area contributed by atoms with E-state index in [-0.39, 0.29) is 24.4 Å². The minimum Gasteiger partial charge on any atom is -0.478 e. The molecule has 6 nitrogen and oxygen atoms in total. The Morgan fingerprint density at radius 3 is 2.33 bits per heavy atom. The molecule has 2 unspecified atom stereocenters. The zero-order valence-electron chi connectivity index (χ0n) is 18.6. The van der Waals surface area contributed by atoms with Gasteiger partial charge in [-0.2, -0.15) is 0 Å². The summed E-state index contributed by atoms with van der Waals surface area (Å²) in [7, 11) is 0. The first kappa shape index (κ1) is 24.8. The molecule has 0 radical (unpaired) electrons. The van der Waals surface area contributed by atoms with Gasteiger partial charge in [-0.25, -0.2) is 13.6 Å². The van der Waals surface area contributed by atoms with Gasteiger partial charge in [0.1, 0.15) is 11.6 Å². The SMILES string of the molecule is CC(=O)NC(Cc1cc(F)cc(F)c1)C(O)CNC1(c2cccc(C(=O)O)c2)CCCCC1. The van der Waals surface area contributed by atoms with Crippen molar-refractivity contribution in [3.63, 3.8) is 0 Å². The molecule has 8 heteroatoms. The van der Waals surface area contributed by atoms with Crippen LogP contribution in [0.1, 0.15) is 60.5 Å². The molecular formula is C25H30F2N2O4. The Kier molecular flexibility index (Phi) is 8.15. The van der Waals surface area contributed by atoms with E-state index in [0.717, 1.165) is 43.7 Å². The number of carboxylic acids is 1. The number of hydrogen-bond acceptors (Lipinski definition) is 4. The Balaban J connectivity index is 1.79. The maximum absolute atomic E-state index is 13.6. The fourth-order valence-electron chi connectivity index (χ4n) is 4.64. The number of carboxylic acid groups (broad SMARTS) is 1. The average Bonchev–Trinajstić information content (AvgIpc) is 2.77. The van der Waals surface area contributed by atoms with Gasteiger partial charge in [0.05, 0.1) is 17.7 Å².